The van der Waals surface area contributed by atoms with Gasteiger partial charge in [-0.25, -0.2) is 0 Å². The summed E-state index contributed by atoms with van der Waals surface area (Å²) in [5.74, 6) is -2.45. The summed E-state index contributed by atoms with van der Waals surface area (Å²) in [6, 6.07) is 0. The molecular formula is C12H22N2O3. The van der Waals surface area contributed by atoms with Crippen molar-refractivity contribution in [2.45, 2.75) is 56.9 Å². The van der Waals surface area contributed by atoms with Gasteiger partial charge in [-0.05, 0) is 12.8 Å². The summed E-state index contributed by atoms with van der Waals surface area (Å²) in [5.41, 5.74) is 10.6. The molecule has 0 bridgehead atoms. The van der Waals surface area contributed by atoms with Gasteiger partial charge in [0.2, 0.25) is 5.91 Å². The van der Waals surface area contributed by atoms with E-state index in [9.17, 15) is 14.7 Å². The molecule has 1 aliphatic rings. The number of amides is 1. The van der Waals surface area contributed by atoms with Gasteiger partial charge < -0.3 is 16.6 Å². The third-order valence-corrected chi connectivity index (χ3v) is 3.68. The fourth-order valence-electron chi connectivity index (χ4n) is 2.65. The molecule has 1 amide bonds. The minimum absolute atomic E-state index is 0.161. The third-order valence-electron chi connectivity index (χ3n) is 3.68. The minimum Gasteiger partial charge on any atom is -0.481 e. The molecule has 1 rings (SSSR count). The van der Waals surface area contributed by atoms with Gasteiger partial charge in [-0.3, -0.25) is 9.59 Å². The zero-order chi connectivity index (χ0) is 12.9. The van der Waals surface area contributed by atoms with Crippen molar-refractivity contribution >= 4 is 11.9 Å². The number of nitrogens with two attached hydrogens (primary N) is 2. The zero-order valence-corrected chi connectivity index (χ0v) is 10.2. The predicted molar refractivity (Wildman–Crippen MR) is 64.2 cm³/mol. The highest BCUT2D eigenvalue weighted by Crippen LogP contribution is 2.32. The summed E-state index contributed by atoms with van der Waals surface area (Å²) in [6.07, 6.45) is 6.38. The first-order valence-corrected chi connectivity index (χ1v) is 6.26. The van der Waals surface area contributed by atoms with Gasteiger partial charge in [0.15, 0.2) is 0 Å². The molecule has 5 heteroatoms. The molecule has 0 aromatic rings. The van der Waals surface area contributed by atoms with Crippen LogP contribution in [0.1, 0.15) is 51.4 Å². The van der Waals surface area contributed by atoms with Crippen LogP contribution in [0, 0.1) is 5.92 Å². The SMILES string of the molecule is NC(=O)CC(C(=O)O)C1(N)CCCCCCC1. The summed E-state index contributed by atoms with van der Waals surface area (Å²) >= 11 is 0. The van der Waals surface area contributed by atoms with E-state index in [-0.39, 0.29) is 6.42 Å². The van der Waals surface area contributed by atoms with Crippen molar-refractivity contribution in [3.8, 4) is 0 Å². The maximum absolute atomic E-state index is 11.2. The highest BCUT2D eigenvalue weighted by Gasteiger charge is 2.40. The number of aliphatic carboxylic acids is 1. The van der Waals surface area contributed by atoms with Crippen molar-refractivity contribution in [1.29, 1.82) is 0 Å². The van der Waals surface area contributed by atoms with Crippen molar-refractivity contribution in [1.82, 2.24) is 0 Å². The largest absolute Gasteiger partial charge is 0.481 e. The molecule has 1 unspecified atom stereocenters. The van der Waals surface area contributed by atoms with E-state index >= 15 is 0 Å². The molecule has 0 radical (unpaired) electrons. The van der Waals surface area contributed by atoms with Gasteiger partial charge in [0.1, 0.15) is 0 Å². The number of hydrogen-bond acceptors (Lipinski definition) is 3. The highest BCUT2D eigenvalue weighted by atomic mass is 16.4. The Morgan fingerprint density at radius 1 is 1.12 bits per heavy atom. The Morgan fingerprint density at radius 3 is 2.00 bits per heavy atom. The average Bonchev–Trinajstić information content (AvgIpc) is 2.20. The van der Waals surface area contributed by atoms with E-state index < -0.39 is 23.3 Å². The molecule has 5 N–H and O–H groups in total. The van der Waals surface area contributed by atoms with E-state index in [1.165, 1.54) is 6.42 Å². The number of rotatable bonds is 4. The van der Waals surface area contributed by atoms with Crippen LogP contribution >= 0.6 is 0 Å². The molecular weight excluding hydrogens is 220 g/mol. The van der Waals surface area contributed by atoms with Crippen molar-refractivity contribution in [2.75, 3.05) is 0 Å². The fourth-order valence-corrected chi connectivity index (χ4v) is 2.65. The monoisotopic (exact) mass is 242 g/mol. The van der Waals surface area contributed by atoms with Crippen LogP contribution in [-0.2, 0) is 9.59 Å². The Labute approximate surface area is 102 Å². The smallest absolute Gasteiger partial charge is 0.308 e. The van der Waals surface area contributed by atoms with Gasteiger partial charge >= 0.3 is 5.97 Å². The van der Waals surface area contributed by atoms with Crippen molar-refractivity contribution in [3.63, 3.8) is 0 Å². The Morgan fingerprint density at radius 2 is 1.59 bits per heavy atom. The van der Waals surface area contributed by atoms with E-state index in [2.05, 4.69) is 0 Å². The molecule has 1 aliphatic carbocycles. The number of hydrogen-bond donors (Lipinski definition) is 3. The highest BCUT2D eigenvalue weighted by molar-refractivity contribution is 5.82. The van der Waals surface area contributed by atoms with E-state index in [1.54, 1.807) is 0 Å². The molecule has 1 atom stereocenters. The first-order valence-electron chi connectivity index (χ1n) is 6.26. The zero-order valence-electron chi connectivity index (χ0n) is 10.2. The van der Waals surface area contributed by atoms with Crippen LogP contribution in [0.15, 0.2) is 0 Å². The Kier molecular flexibility index (Phi) is 4.93. The lowest BCUT2D eigenvalue weighted by molar-refractivity contribution is -0.146. The average molecular weight is 242 g/mol. The Hall–Kier alpha value is -1.10. The second kappa shape index (κ2) is 6.00. The van der Waals surface area contributed by atoms with E-state index in [0.717, 1.165) is 25.7 Å². The quantitative estimate of drug-likeness (QED) is 0.683. The van der Waals surface area contributed by atoms with Crippen LogP contribution in [0.3, 0.4) is 0 Å². The van der Waals surface area contributed by atoms with E-state index in [1.807, 2.05) is 0 Å². The van der Waals surface area contributed by atoms with Gasteiger partial charge in [-0.1, -0.05) is 32.1 Å². The molecule has 0 aromatic carbocycles. The number of carboxylic acids is 1. The molecule has 5 nitrogen and oxygen atoms in total. The van der Waals surface area contributed by atoms with Gasteiger partial charge in [-0.2, -0.15) is 0 Å². The van der Waals surface area contributed by atoms with Crippen molar-refractivity contribution in [3.05, 3.63) is 0 Å². The van der Waals surface area contributed by atoms with Crippen LogP contribution < -0.4 is 11.5 Å². The van der Waals surface area contributed by atoms with E-state index in [0.29, 0.717) is 12.8 Å². The Balaban J connectivity index is 2.79. The summed E-state index contributed by atoms with van der Waals surface area (Å²) in [6.45, 7) is 0. The van der Waals surface area contributed by atoms with Gasteiger partial charge in [-0.15, -0.1) is 0 Å². The third kappa shape index (κ3) is 4.00. The lowest BCUT2D eigenvalue weighted by Gasteiger charge is -2.36. The summed E-state index contributed by atoms with van der Waals surface area (Å²) in [7, 11) is 0. The molecule has 98 valence electrons. The maximum Gasteiger partial charge on any atom is 0.308 e. The van der Waals surface area contributed by atoms with Crippen LogP contribution in [0.2, 0.25) is 0 Å². The van der Waals surface area contributed by atoms with Crippen LogP contribution in [0.25, 0.3) is 0 Å². The fraction of sp³-hybridized carbons (Fsp3) is 0.833. The second-order valence-corrected chi connectivity index (χ2v) is 5.06. The molecule has 17 heavy (non-hydrogen) atoms. The van der Waals surface area contributed by atoms with Crippen molar-refractivity contribution < 1.29 is 14.7 Å². The second-order valence-electron chi connectivity index (χ2n) is 5.06. The molecule has 0 aromatic heterocycles. The van der Waals surface area contributed by atoms with Crippen LogP contribution in [0.5, 0.6) is 0 Å². The van der Waals surface area contributed by atoms with Crippen molar-refractivity contribution in [2.24, 2.45) is 17.4 Å². The Bertz CT molecular complexity index is 283. The molecule has 1 fully saturated rings. The molecule has 0 saturated heterocycles. The molecule has 0 heterocycles. The number of primary amides is 1. The molecule has 0 aliphatic heterocycles. The number of carboxylic acid groups (broad SMARTS) is 1. The van der Waals surface area contributed by atoms with E-state index in [4.69, 9.17) is 11.5 Å². The number of carbonyl (C=O) groups excluding carboxylic acids is 1. The summed E-state index contributed by atoms with van der Waals surface area (Å²) < 4.78 is 0. The normalized spacial score (nSPS) is 22.2. The number of carbonyl (C=O) groups is 2. The van der Waals surface area contributed by atoms with Crippen LogP contribution in [-0.4, -0.2) is 22.5 Å². The van der Waals surface area contributed by atoms with Gasteiger partial charge in [0.25, 0.3) is 0 Å². The lowest BCUT2D eigenvalue weighted by atomic mass is 9.74. The summed E-state index contributed by atoms with van der Waals surface area (Å²) in [4.78, 5) is 22.2. The van der Waals surface area contributed by atoms with Crippen LogP contribution in [0.4, 0.5) is 0 Å². The lowest BCUT2D eigenvalue weighted by Crippen LogP contribution is -2.52. The first kappa shape index (κ1) is 14.0. The minimum atomic E-state index is -1.01. The summed E-state index contributed by atoms with van der Waals surface area (Å²) in [5, 5.41) is 9.21. The first-order chi connectivity index (χ1) is 7.96. The van der Waals surface area contributed by atoms with Gasteiger partial charge in [0.05, 0.1) is 5.92 Å². The molecule has 0 spiro atoms. The topological polar surface area (TPSA) is 106 Å². The predicted octanol–water partition coefficient (Wildman–Crippen LogP) is 1.00. The molecule has 1 saturated carbocycles. The van der Waals surface area contributed by atoms with Gasteiger partial charge in [0, 0.05) is 12.0 Å². The maximum atomic E-state index is 11.2. The standard InChI is InChI=1S/C12H22N2O3/c13-10(15)8-9(11(16)17)12(14)6-4-2-1-3-5-7-12/h9H,1-8,14H2,(H2,13,15)(H,16,17).